The first-order valence-electron chi connectivity index (χ1n) is 5.88. The Morgan fingerprint density at radius 2 is 2.31 bits per heavy atom. The van der Waals surface area contributed by atoms with Crippen molar-refractivity contribution in [3.05, 3.63) is 29.6 Å². The molecule has 1 fully saturated rings. The van der Waals surface area contributed by atoms with Gasteiger partial charge in [-0.2, -0.15) is 0 Å². The fraction of sp³-hybridized carbons (Fsp3) is 0.538. The molecule has 1 heterocycles. The second-order valence-electron chi connectivity index (χ2n) is 4.37. The maximum absolute atomic E-state index is 12.9. The number of rotatable bonds is 3. The quantitative estimate of drug-likeness (QED) is 0.812. The highest BCUT2D eigenvalue weighted by atomic mass is 32.2. The van der Waals surface area contributed by atoms with Crippen LogP contribution >= 0.6 is 11.8 Å². The summed E-state index contributed by atoms with van der Waals surface area (Å²) in [5, 5.41) is 3.53. The second kappa shape index (κ2) is 5.69. The third-order valence-electron chi connectivity index (χ3n) is 2.99. The molecule has 1 aliphatic rings. The zero-order chi connectivity index (χ0) is 11.4. The van der Waals surface area contributed by atoms with E-state index in [9.17, 15) is 4.39 Å². The summed E-state index contributed by atoms with van der Waals surface area (Å²) in [6.07, 6.45) is 3.91. The molecule has 16 heavy (non-hydrogen) atoms. The SMILES string of the molecule is Cc1cc(F)ccc1SCC1CCCCN1. The molecule has 1 N–H and O–H groups in total. The predicted octanol–water partition coefficient (Wildman–Crippen LogP) is 3.37. The van der Waals surface area contributed by atoms with Crippen LogP contribution in [0.4, 0.5) is 4.39 Å². The lowest BCUT2D eigenvalue weighted by Crippen LogP contribution is -2.35. The minimum absolute atomic E-state index is 0.141. The van der Waals surface area contributed by atoms with Crippen LogP contribution in [0.3, 0.4) is 0 Å². The first-order valence-corrected chi connectivity index (χ1v) is 6.86. The van der Waals surface area contributed by atoms with Crippen molar-refractivity contribution < 1.29 is 4.39 Å². The van der Waals surface area contributed by atoms with E-state index < -0.39 is 0 Å². The average Bonchev–Trinajstić information content (AvgIpc) is 2.29. The van der Waals surface area contributed by atoms with Gasteiger partial charge in [0.25, 0.3) is 0 Å². The summed E-state index contributed by atoms with van der Waals surface area (Å²) >= 11 is 1.83. The van der Waals surface area contributed by atoms with Gasteiger partial charge in [0, 0.05) is 16.7 Å². The lowest BCUT2D eigenvalue weighted by molar-refractivity contribution is 0.430. The van der Waals surface area contributed by atoms with Crippen LogP contribution in [0.2, 0.25) is 0 Å². The number of aryl methyl sites for hydroxylation is 1. The van der Waals surface area contributed by atoms with Crippen LogP contribution in [0, 0.1) is 12.7 Å². The molecule has 1 saturated heterocycles. The van der Waals surface area contributed by atoms with Crippen LogP contribution in [0.15, 0.2) is 23.1 Å². The van der Waals surface area contributed by atoms with Crippen LogP contribution in [0.1, 0.15) is 24.8 Å². The van der Waals surface area contributed by atoms with E-state index in [0.717, 1.165) is 17.9 Å². The number of hydrogen-bond acceptors (Lipinski definition) is 2. The standard InChI is InChI=1S/C13H18FNS/c1-10-8-11(14)5-6-13(10)16-9-12-4-2-3-7-15-12/h5-6,8,12,15H,2-4,7,9H2,1H3. The summed E-state index contributed by atoms with van der Waals surface area (Å²) in [6, 6.07) is 5.67. The fourth-order valence-corrected chi connectivity index (χ4v) is 3.15. The van der Waals surface area contributed by atoms with Gasteiger partial charge in [0.1, 0.15) is 5.82 Å². The van der Waals surface area contributed by atoms with Crippen molar-refractivity contribution in [1.29, 1.82) is 0 Å². The van der Waals surface area contributed by atoms with Gasteiger partial charge in [0.2, 0.25) is 0 Å². The highest BCUT2D eigenvalue weighted by Gasteiger charge is 2.13. The summed E-state index contributed by atoms with van der Waals surface area (Å²) in [5.74, 6) is 0.949. The van der Waals surface area contributed by atoms with E-state index in [4.69, 9.17) is 0 Å². The zero-order valence-electron chi connectivity index (χ0n) is 9.63. The Labute approximate surface area is 101 Å². The molecule has 2 rings (SSSR count). The number of hydrogen-bond donors (Lipinski definition) is 1. The Balaban J connectivity index is 1.88. The lowest BCUT2D eigenvalue weighted by atomic mass is 10.1. The van der Waals surface area contributed by atoms with Crippen molar-refractivity contribution in [2.75, 3.05) is 12.3 Å². The number of thioether (sulfide) groups is 1. The molecule has 1 unspecified atom stereocenters. The van der Waals surface area contributed by atoms with Gasteiger partial charge in [-0.1, -0.05) is 6.42 Å². The van der Waals surface area contributed by atoms with E-state index in [1.807, 2.05) is 24.8 Å². The molecule has 1 aromatic rings. The molecule has 0 bridgehead atoms. The van der Waals surface area contributed by atoms with E-state index in [1.54, 1.807) is 12.1 Å². The van der Waals surface area contributed by atoms with Gasteiger partial charge in [-0.15, -0.1) is 11.8 Å². The molecule has 0 aromatic heterocycles. The first kappa shape index (κ1) is 11.9. The van der Waals surface area contributed by atoms with Crippen molar-refractivity contribution >= 4 is 11.8 Å². The van der Waals surface area contributed by atoms with Crippen LogP contribution in [-0.2, 0) is 0 Å². The Bertz CT molecular complexity index is 348. The van der Waals surface area contributed by atoms with Gasteiger partial charge in [-0.3, -0.25) is 0 Å². The molecule has 0 amide bonds. The molecular formula is C13H18FNS. The third kappa shape index (κ3) is 3.22. The summed E-state index contributed by atoms with van der Waals surface area (Å²) in [7, 11) is 0. The fourth-order valence-electron chi connectivity index (χ4n) is 2.03. The van der Waals surface area contributed by atoms with E-state index in [-0.39, 0.29) is 5.82 Å². The summed E-state index contributed by atoms with van der Waals surface area (Å²) in [5.41, 5.74) is 1.04. The van der Waals surface area contributed by atoms with Gasteiger partial charge < -0.3 is 5.32 Å². The topological polar surface area (TPSA) is 12.0 Å². The molecule has 1 nitrogen and oxygen atoms in total. The molecule has 0 saturated carbocycles. The molecule has 0 aliphatic carbocycles. The molecule has 1 aliphatic heterocycles. The Morgan fingerprint density at radius 3 is 3.00 bits per heavy atom. The smallest absolute Gasteiger partial charge is 0.123 e. The zero-order valence-corrected chi connectivity index (χ0v) is 10.4. The Kier molecular flexibility index (Phi) is 4.24. The maximum atomic E-state index is 12.9. The average molecular weight is 239 g/mol. The summed E-state index contributed by atoms with van der Waals surface area (Å²) in [6.45, 7) is 3.12. The van der Waals surface area contributed by atoms with E-state index >= 15 is 0 Å². The van der Waals surface area contributed by atoms with E-state index in [0.29, 0.717) is 6.04 Å². The largest absolute Gasteiger partial charge is 0.313 e. The van der Waals surface area contributed by atoms with Crippen molar-refractivity contribution in [3.8, 4) is 0 Å². The highest BCUT2D eigenvalue weighted by Crippen LogP contribution is 2.25. The predicted molar refractivity (Wildman–Crippen MR) is 67.5 cm³/mol. The van der Waals surface area contributed by atoms with Crippen LogP contribution in [0.5, 0.6) is 0 Å². The van der Waals surface area contributed by atoms with Crippen molar-refractivity contribution in [1.82, 2.24) is 5.32 Å². The Morgan fingerprint density at radius 1 is 1.44 bits per heavy atom. The Hall–Kier alpha value is -0.540. The number of benzene rings is 1. The molecule has 0 radical (unpaired) electrons. The second-order valence-corrected chi connectivity index (χ2v) is 5.43. The van der Waals surface area contributed by atoms with Crippen molar-refractivity contribution in [2.24, 2.45) is 0 Å². The van der Waals surface area contributed by atoms with Crippen LogP contribution in [-0.4, -0.2) is 18.3 Å². The van der Waals surface area contributed by atoms with Gasteiger partial charge in [-0.25, -0.2) is 4.39 Å². The molecule has 0 spiro atoms. The summed E-state index contributed by atoms with van der Waals surface area (Å²) < 4.78 is 12.9. The molecule has 1 aromatic carbocycles. The van der Waals surface area contributed by atoms with E-state index in [1.165, 1.54) is 24.2 Å². The van der Waals surface area contributed by atoms with Crippen molar-refractivity contribution in [3.63, 3.8) is 0 Å². The molecular weight excluding hydrogens is 221 g/mol. The van der Waals surface area contributed by atoms with Crippen LogP contribution < -0.4 is 5.32 Å². The normalized spacial score (nSPS) is 21.0. The highest BCUT2D eigenvalue weighted by molar-refractivity contribution is 7.99. The maximum Gasteiger partial charge on any atom is 0.123 e. The van der Waals surface area contributed by atoms with Gasteiger partial charge in [0.05, 0.1) is 0 Å². The first-order chi connectivity index (χ1) is 7.75. The third-order valence-corrected chi connectivity index (χ3v) is 4.33. The van der Waals surface area contributed by atoms with Gasteiger partial charge in [-0.05, 0) is 50.1 Å². The number of halogens is 1. The molecule has 88 valence electrons. The minimum Gasteiger partial charge on any atom is -0.313 e. The minimum atomic E-state index is -0.141. The molecule has 3 heteroatoms. The molecule has 1 atom stereocenters. The van der Waals surface area contributed by atoms with Gasteiger partial charge >= 0.3 is 0 Å². The van der Waals surface area contributed by atoms with Crippen LogP contribution in [0.25, 0.3) is 0 Å². The monoisotopic (exact) mass is 239 g/mol. The summed E-state index contributed by atoms with van der Waals surface area (Å²) in [4.78, 5) is 1.20. The lowest BCUT2D eigenvalue weighted by Gasteiger charge is -2.23. The van der Waals surface area contributed by atoms with E-state index in [2.05, 4.69) is 5.32 Å². The number of piperidine rings is 1. The van der Waals surface area contributed by atoms with Crippen molar-refractivity contribution in [2.45, 2.75) is 37.1 Å². The van der Waals surface area contributed by atoms with Gasteiger partial charge in [0.15, 0.2) is 0 Å². The number of nitrogens with one attached hydrogen (secondary N) is 1.